The molecule has 1 aliphatic heterocycles. The molecule has 1 fully saturated rings. The zero-order valence-corrected chi connectivity index (χ0v) is 22.1. The maximum absolute atomic E-state index is 12.6. The quantitative estimate of drug-likeness (QED) is 0.301. The van der Waals surface area contributed by atoms with E-state index < -0.39 is 5.56 Å². The smallest absolute Gasteiger partial charge is 0.287 e. The van der Waals surface area contributed by atoms with Gasteiger partial charge in [-0.15, -0.1) is 0 Å². The van der Waals surface area contributed by atoms with Gasteiger partial charge in [0, 0.05) is 38.0 Å². The summed E-state index contributed by atoms with van der Waals surface area (Å²) in [5.74, 6) is 0.222. The molecule has 4 rings (SSSR count). The second-order valence-corrected chi connectivity index (χ2v) is 9.15. The molecule has 3 aromatic rings. The van der Waals surface area contributed by atoms with E-state index in [0.29, 0.717) is 63.1 Å². The van der Waals surface area contributed by atoms with Crippen LogP contribution in [0.3, 0.4) is 0 Å². The number of carbonyl (C=O) groups is 2. The predicted octanol–water partition coefficient (Wildman–Crippen LogP) is 2.52. The van der Waals surface area contributed by atoms with Crippen molar-refractivity contribution in [2.45, 2.75) is 26.2 Å². The lowest BCUT2D eigenvalue weighted by molar-refractivity contribution is -0.120. The normalized spacial score (nSPS) is 13.2. The van der Waals surface area contributed by atoms with Crippen LogP contribution in [0.15, 0.2) is 53.5 Å². The average molecular weight is 535 g/mol. The molecule has 1 aromatic carbocycles. The molecule has 3 heterocycles. The van der Waals surface area contributed by atoms with Crippen molar-refractivity contribution in [3.63, 3.8) is 0 Å². The summed E-state index contributed by atoms with van der Waals surface area (Å²) in [7, 11) is 0. The van der Waals surface area contributed by atoms with Crippen molar-refractivity contribution in [3.8, 4) is 11.3 Å². The summed E-state index contributed by atoms with van der Waals surface area (Å²) >= 11 is 0. The van der Waals surface area contributed by atoms with E-state index in [-0.39, 0.29) is 23.9 Å². The van der Waals surface area contributed by atoms with Gasteiger partial charge < -0.3 is 25.0 Å². The van der Waals surface area contributed by atoms with Crippen LogP contribution in [0.4, 0.5) is 11.5 Å². The maximum atomic E-state index is 12.6. The van der Waals surface area contributed by atoms with Gasteiger partial charge in [0.2, 0.25) is 5.91 Å². The summed E-state index contributed by atoms with van der Waals surface area (Å²) in [6, 6.07) is 12.4. The molecule has 0 unspecified atom stereocenters. The Kier molecular flexibility index (Phi) is 10.1. The van der Waals surface area contributed by atoms with E-state index in [4.69, 9.17) is 9.47 Å². The van der Waals surface area contributed by atoms with Crippen LogP contribution in [-0.2, 0) is 20.7 Å². The number of amides is 2. The van der Waals surface area contributed by atoms with Crippen LogP contribution in [-0.4, -0.2) is 78.0 Å². The van der Waals surface area contributed by atoms with Crippen LogP contribution in [0.1, 0.15) is 35.7 Å². The van der Waals surface area contributed by atoms with Gasteiger partial charge in [0.05, 0.1) is 37.5 Å². The molecule has 0 aliphatic carbocycles. The van der Waals surface area contributed by atoms with Crippen molar-refractivity contribution >= 4 is 23.3 Å². The highest BCUT2D eigenvalue weighted by molar-refractivity contribution is 5.94. The summed E-state index contributed by atoms with van der Waals surface area (Å²) in [5.41, 5.74) is 2.42. The number of hydrogen-bond acceptors (Lipinski definition) is 8. The summed E-state index contributed by atoms with van der Waals surface area (Å²) in [6.45, 7) is 5.91. The molecule has 0 saturated carbocycles. The standard InChI is InChI=1S/C28H34N6O5/c1-2-3-12-38-13-9-29-26(35)17-20-5-4-6-21(16-20)23-18-24(27(36)33-32-23)31-25-8-7-22(19-30-25)28(37)34-10-14-39-15-11-34/h4-8,16,18-19H,2-3,9-15,17H2,1H3,(H,29,35)(H,33,36)(H,30,31,32). The second kappa shape index (κ2) is 14.2. The zero-order chi connectivity index (χ0) is 27.5. The van der Waals surface area contributed by atoms with Crippen molar-refractivity contribution in [2.75, 3.05) is 51.4 Å². The Morgan fingerprint density at radius 2 is 1.97 bits per heavy atom. The first-order chi connectivity index (χ1) is 19.0. The molecule has 2 aromatic heterocycles. The number of unbranched alkanes of at least 4 members (excludes halogenated alkanes) is 1. The number of aromatic amines is 1. The van der Waals surface area contributed by atoms with Crippen molar-refractivity contribution in [1.82, 2.24) is 25.4 Å². The van der Waals surface area contributed by atoms with Crippen LogP contribution < -0.4 is 16.2 Å². The van der Waals surface area contributed by atoms with E-state index in [2.05, 4.69) is 32.7 Å². The lowest BCUT2D eigenvalue weighted by Gasteiger charge is -2.26. The Balaban J connectivity index is 1.37. The first-order valence-corrected chi connectivity index (χ1v) is 13.2. The molecule has 0 radical (unpaired) electrons. The van der Waals surface area contributed by atoms with Crippen molar-refractivity contribution in [1.29, 1.82) is 0 Å². The molecular formula is C28H34N6O5. The minimum absolute atomic E-state index is 0.0929. The van der Waals surface area contributed by atoms with Gasteiger partial charge in [-0.25, -0.2) is 10.1 Å². The molecule has 0 bridgehead atoms. The van der Waals surface area contributed by atoms with Gasteiger partial charge in [0.1, 0.15) is 11.5 Å². The van der Waals surface area contributed by atoms with E-state index in [1.165, 1.54) is 6.20 Å². The Morgan fingerprint density at radius 3 is 2.74 bits per heavy atom. The Morgan fingerprint density at radius 1 is 1.13 bits per heavy atom. The van der Waals surface area contributed by atoms with Gasteiger partial charge in [-0.2, -0.15) is 5.10 Å². The molecule has 0 atom stereocenters. The highest BCUT2D eigenvalue weighted by Crippen LogP contribution is 2.21. The summed E-state index contributed by atoms with van der Waals surface area (Å²) in [5, 5.41) is 12.5. The van der Waals surface area contributed by atoms with Crippen LogP contribution in [0.5, 0.6) is 0 Å². The number of ether oxygens (including phenoxy) is 2. The minimum Gasteiger partial charge on any atom is -0.380 e. The Bertz CT molecular complexity index is 1300. The number of carbonyl (C=O) groups excluding carboxylic acids is 2. The molecular weight excluding hydrogens is 500 g/mol. The fourth-order valence-corrected chi connectivity index (χ4v) is 4.03. The molecule has 206 valence electrons. The van der Waals surface area contributed by atoms with Crippen molar-refractivity contribution in [2.24, 2.45) is 0 Å². The van der Waals surface area contributed by atoms with Crippen LogP contribution >= 0.6 is 0 Å². The number of rotatable bonds is 12. The summed E-state index contributed by atoms with van der Waals surface area (Å²) in [6.07, 6.45) is 3.79. The van der Waals surface area contributed by atoms with E-state index >= 15 is 0 Å². The number of benzene rings is 1. The molecule has 0 spiro atoms. The van der Waals surface area contributed by atoms with Gasteiger partial charge in [0.25, 0.3) is 11.5 Å². The van der Waals surface area contributed by atoms with E-state index in [9.17, 15) is 14.4 Å². The number of pyridine rings is 1. The SMILES string of the molecule is CCCCOCCNC(=O)Cc1cccc(-c2cc(Nc3ccc(C(=O)N4CCOCC4)cn3)c(=O)[nH]n2)c1. The topological polar surface area (TPSA) is 139 Å². The van der Waals surface area contributed by atoms with Gasteiger partial charge in [-0.05, 0) is 36.2 Å². The molecule has 2 amide bonds. The predicted molar refractivity (Wildman–Crippen MR) is 147 cm³/mol. The molecule has 1 saturated heterocycles. The van der Waals surface area contributed by atoms with Gasteiger partial charge in [0.15, 0.2) is 0 Å². The average Bonchev–Trinajstić information content (AvgIpc) is 2.96. The summed E-state index contributed by atoms with van der Waals surface area (Å²) in [4.78, 5) is 43.4. The fourth-order valence-electron chi connectivity index (χ4n) is 4.03. The number of H-pyrrole nitrogens is 1. The Labute approximate surface area is 226 Å². The first-order valence-electron chi connectivity index (χ1n) is 13.2. The Hall–Kier alpha value is -4.09. The van der Waals surface area contributed by atoms with Crippen LogP contribution in [0.2, 0.25) is 0 Å². The largest absolute Gasteiger partial charge is 0.380 e. The third-order valence-corrected chi connectivity index (χ3v) is 6.17. The number of hydrogen-bond donors (Lipinski definition) is 3. The molecule has 11 nitrogen and oxygen atoms in total. The fraction of sp³-hybridized carbons (Fsp3) is 0.393. The number of morpholine rings is 1. The van der Waals surface area contributed by atoms with Gasteiger partial charge >= 0.3 is 0 Å². The number of anilines is 2. The third-order valence-electron chi connectivity index (χ3n) is 6.17. The van der Waals surface area contributed by atoms with Crippen LogP contribution in [0, 0.1) is 0 Å². The monoisotopic (exact) mass is 534 g/mol. The van der Waals surface area contributed by atoms with Crippen molar-refractivity contribution < 1.29 is 19.1 Å². The molecule has 11 heteroatoms. The van der Waals surface area contributed by atoms with E-state index in [0.717, 1.165) is 24.0 Å². The lowest BCUT2D eigenvalue weighted by atomic mass is 10.1. The van der Waals surface area contributed by atoms with Crippen LogP contribution in [0.25, 0.3) is 11.3 Å². The molecule has 3 N–H and O–H groups in total. The van der Waals surface area contributed by atoms with Crippen molar-refractivity contribution in [3.05, 3.63) is 70.1 Å². The number of nitrogens with one attached hydrogen (secondary N) is 3. The third kappa shape index (κ3) is 8.20. The maximum Gasteiger partial charge on any atom is 0.287 e. The molecule has 1 aliphatic rings. The van der Waals surface area contributed by atoms with Gasteiger partial charge in [-0.1, -0.05) is 31.5 Å². The number of aromatic nitrogens is 3. The minimum atomic E-state index is -0.411. The van der Waals surface area contributed by atoms with Gasteiger partial charge in [-0.3, -0.25) is 14.4 Å². The first kappa shape index (κ1) is 27.9. The summed E-state index contributed by atoms with van der Waals surface area (Å²) < 4.78 is 10.8. The number of nitrogens with zero attached hydrogens (tertiary/aromatic N) is 3. The van der Waals surface area contributed by atoms with E-state index in [1.807, 2.05) is 24.3 Å². The van der Waals surface area contributed by atoms with E-state index in [1.54, 1.807) is 23.1 Å². The highest BCUT2D eigenvalue weighted by Gasteiger charge is 2.19. The molecule has 39 heavy (non-hydrogen) atoms. The zero-order valence-electron chi connectivity index (χ0n) is 22.1. The second-order valence-electron chi connectivity index (χ2n) is 9.15. The highest BCUT2D eigenvalue weighted by atomic mass is 16.5. The lowest BCUT2D eigenvalue weighted by Crippen LogP contribution is -2.40.